The molecule has 8 heteroatoms. The van der Waals surface area contributed by atoms with E-state index in [-0.39, 0.29) is 5.60 Å². The van der Waals surface area contributed by atoms with Crippen LogP contribution >= 0.6 is 0 Å². The van der Waals surface area contributed by atoms with Crippen LogP contribution in [0.3, 0.4) is 0 Å². The van der Waals surface area contributed by atoms with Gasteiger partial charge in [0.2, 0.25) is 0 Å². The Morgan fingerprint density at radius 2 is 1.81 bits per heavy atom. The van der Waals surface area contributed by atoms with Crippen LogP contribution in [-0.2, 0) is 30.5 Å². The zero-order valence-electron chi connectivity index (χ0n) is 25.7. The van der Waals surface area contributed by atoms with E-state index in [0.29, 0.717) is 5.41 Å². The van der Waals surface area contributed by atoms with Crippen LogP contribution in [0.1, 0.15) is 65.7 Å². The Kier molecular flexibility index (Phi) is 7.19. The highest BCUT2D eigenvalue weighted by atomic mass is 16.5. The summed E-state index contributed by atoms with van der Waals surface area (Å²) < 4.78 is 6.01. The highest BCUT2D eigenvalue weighted by molar-refractivity contribution is 5.49. The summed E-state index contributed by atoms with van der Waals surface area (Å²) >= 11 is 0. The summed E-state index contributed by atoms with van der Waals surface area (Å²) in [6.45, 7) is 12.2. The van der Waals surface area contributed by atoms with Gasteiger partial charge in [0, 0.05) is 76.0 Å². The predicted molar refractivity (Wildman–Crippen MR) is 167 cm³/mol. The van der Waals surface area contributed by atoms with E-state index in [2.05, 4.69) is 73.3 Å². The lowest BCUT2D eigenvalue weighted by molar-refractivity contribution is -0.111. The van der Waals surface area contributed by atoms with Crippen molar-refractivity contribution in [3.05, 3.63) is 76.5 Å². The number of aryl methyl sites for hydroxylation is 1. The number of fused-ring (bicyclic) bond motifs is 1. The van der Waals surface area contributed by atoms with E-state index in [1.54, 1.807) is 11.9 Å². The minimum Gasteiger partial charge on any atom is -0.372 e. The number of likely N-dealkylation sites (tertiary alicyclic amines) is 1. The Balaban J connectivity index is 0.824. The third kappa shape index (κ3) is 5.58. The first-order chi connectivity index (χ1) is 21.0. The van der Waals surface area contributed by atoms with E-state index in [0.717, 1.165) is 76.1 Å². The smallest absolute Gasteiger partial charge is 0.154 e. The fourth-order valence-electron chi connectivity index (χ4n) is 8.75. The number of pyridine rings is 1. The average Bonchev–Trinajstić information content (AvgIpc) is 3.46. The summed E-state index contributed by atoms with van der Waals surface area (Å²) in [5, 5.41) is 8.60. The van der Waals surface area contributed by atoms with Gasteiger partial charge in [-0.1, -0.05) is 29.8 Å². The topological polar surface area (TPSA) is 70.5 Å². The van der Waals surface area contributed by atoms with Crippen LogP contribution in [0.2, 0.25) is 0 Å². The predicted octanol–water partition coefficient (Wildman–Crippen LogP) is 4.24. The molecule has 43 heavy (non-hydrogen) atoms. The van der Waals surface area contributed by atoms with Gasteiger partial charge in [0.05, 0.1) is 5.60 Å². The maximum Gasteiger partial charge on any atom is 0.154 e. The molecule has 6 heterocycles. The summed E-state index contributed by atoms with van der Waals surface area (Å²) in [6.07, 6.45) is 13.1. The molecule has 0 bridgehead atoms. The van der Waals surface area contributed by atoms with Crippen molar-refractivity contribution in [2.45, 2.75) is 70.4 Å². The van der Waals surface area contributed by atoms with Gasteiger partial charge in [-0.25, -0.2) is 4.98 Å². The largest absolute Gasteiger partial charge is 0.372 e. The van der Waals surface area contributed by atoms with E-state index < -0.39 is 0 Å². The Hall–Kier alpha value is -2.94. The Labute approximate surface area is 255 Å². The van der Waals surface area contributed by atoms with Crippen molar-refractivity contribution in [3.63, 3.8) is 0 Å². The number of nitrogens with zero attached hydrogens (tertiary/aromatic N) is 7. The molecule has 0 radical (unpaired) electrons. The van der Waals surface area contributed by atoms with E-state index in [4.69, 9.17) is 9.72 Å². The van der Waals surface area contributed by atoms with Crippen LogP contribution < -0.4 is 4.90 Å². The van der Waals surface area contributed by atoms with Crippen LogP contribution in [0, 0.1) is 18.3 Å². The fraction of sp³-hybridized carbons (Fsp3) is 0.600. The van der Waals surface area contributed by atoms with Gasteiger partial charge in [0.1, 0.15) is 12.0 Å². The molecule has 1 aliphatic carbocycles. The molecule has 0 atom stereocenters. The summed E-state index contributed by atoms with van der Waals surface area (Å²) in [6, 6.07) is 11.0. The third-order valence-corrected chi connectivity index (χ3v) is 10.9. The second-order valence-corrected chi connectivity index (χ2v) is 14.3. The molecule has 8 rings (SSSR count). The normalized spacial score (nSPS) is 22.8. The molecule has 4 fully saturated rings. The van der Waals surface area contributed by atoms with Crippen molar-refractivity contribution in [2.75, 3.05) is 57.3 Å². The molecular formula is C35H45N7O. The summed E-state index contributed by atoms with van der Waals surface area (Å²) in [5.41, 5.74) is 8.63. The lowest BCUT2D eigenvalue weighted by Gasteiger charge is -2.60. The van der Waals surface area contributed by atoms with Gasteiger partial charge in [-0.3, -0.25) is 14.8 Å². The fourth-order valence-corrected chi connectivity index (χ4v) is 8.75. The van der Waals surface area contributed by atoms with Gasteiger partial charge in [-0.15, -0.1) is 10.2 Å². The van der Waals surface area contributed by atoms with Crippen molar-refractivity contribution >= 4 is 5.82 Å². The maximum absolute atomic E-state index is 6.01. The molecule has 0 N–H and O–H groups in total. The van der Waals surface area contributed by atoms with Crippen LogP contribution in [-0.4, -0.2) is 88.0 Å². The molecule has 3 saturated heterocycles. The lowest BCUT2D eigenvalue weighted by Crippen LogP contribution is -2.63. The zero-order chi connectivity index (χ0) is 28.9. The average molecular weight is 580 g/mol. The van der Waals surface area contributed by atoms with E-state index in [9.17, 15) is 0 Å². The summed E-state index contributed by atoms with van der Waals surface area (Å²) in [5.74, 6) is 1.80. The first kappa shape index (κ1) is 27.6. The Morgan fingerprint density at radius 3 is 2.63 bits per heavy atom. The van der Waals surface area contributed by atoms with E-state index in [1.165, 1.54) is 74.0 Å². The SMILES string of the molecule is Cc1ccc(Cc2nncnc2N2CC3(CC(Cc4ccnc5c4CN(CCCN4CC6(CCCO6)C4)CC5)C3)C2)cc1. The number of rotatable bonds is 9. The quantitative estimate of drug-likeness (QED) is 0.373. The molecule has 1 aromatic carbocycles. The number of ether oxygens (including phenoxy) is 1. The molecule has 2 spiro atoms. The van der Waals surface area contributed by atoms with Crippen LogP contribution in [0.15, 0.2) is 42.9 Å². The van der Waals surface area contributed by atoms with Crippen molar-refractivity contribution < 1.29 is 4.74 Å². The molecule has 1 saturated carbocycles. The van der Waals surface area contributed by atoms with Crippen molar-refractivity contribution in [1.29, 1.82) is 0 Å². The highest BCUT2D eigenvalue weighted by Gasteiger charge is 2.53. The second-order valence-electron chi connectivity index (χ2n) is 14.3. The van der Waals surface area contributed by atoms with Gasteiger partial charge in [-0.05, 0) is 87.2 Å². The number of aromatic nitrogens is 4. The van der Waals surface area contributed by atoms with E-state index >= 15 is 0 Å². The molecular weight excluding hydrogens is 534 g/mol. The molecule has 4 aliphatic heterocycles. The molecule has 0 unspecified atom stereocenters. The molecule has 0 amide bonds. The molecule has 8 nitrogen and oxygen atoms in total. The second kappa shape index (κ2) is 11.2. The van der Waals surface area contributed by atoms with Gasteiger partial charge < -0.3 is 9.64 Å². The van der Waals surface area contributed by atoms with Crippen molar-refractivity contribution in [3.8, 4) is 0 Å². The minimum absolute atomic E-state index is 0.222. The molecule has 5 aliphatic rings. The monoisotopic (exact) mass is 579 g/mol. The van der Waals surface area contributed by atoms with Gasteiger partial charge in [0.15, 0.2) is 5.82 Å². The summed E-state index contributed by atoms with van der Waals surface area (Å²) in [7, 11) is 0. The Morgan fingerprint density at radius 1 is 0.977 bits per heavy atom. The molecule has 2 aromatic heterocycles. The summed E-state index contributed by atoms with van der Waals surface area (Å²) in [4.78, 5) is 17.2. The highest BCUT2D eigenvalue weighted by Crippen LogP contribution is 2.54. The zero-order valence-corrected chi connectivity index (χ0v) is 25.7. The molecule has 226 valence electrons. The van der Waals surface area contributed by atoms with Crippen LogP contribution in [0.5, 0.6) is 0 Å². The van der Waals surface area contributed by atoms with Crippen LogP contribution in [0.25, 0.3) is 0 Å². The van der Waals surface area contributed by atoms with Gasteiger partial charge >= 0.3 is 0 Å². The number of hydrogen-bond acceptors (Lipinski definition) is 8. The maximum atomic E-state index is 6.01. The van der Waals surface area contributed by atoms with Crippen LogP contribution in [0.4, 0.5) is 5.82 Å². The van der Waals surface area contributed by atoms with Crippen molar-refractivity contribution in [1.82, 2.24) is 30.0 Å². The molecule has 3 aromatic rings. The van der Waals surface area contributed by atoms with E-state index in [1.807, 2.05) is 0 Å². The van der Waals surface area contributed by atoms with Gasteiger partial charge in [0.25, 0.3) is 0 Å². The first-order valence-electron chi connectivity index (χ1n) is 16.6. The third-order valence-electron chi connectivity index (χ3n) is 10.9. The minimum atomic E-state index is 0.222. The lowest BCUT2D eigenvalue weighted by atomic mass is 9.56. The Bertz CT molecular complexity index is 1430. The number of benzene rings is 1. The van der Waals surface area contributed by atoms with Crippen molar-refractivity contribution in [2.24, 2.45) is 11.3 Å². The van der Waals surface area contributed by atoms with Gasteiger partial charge in [-0.2, -0.15) is 0 Å². The number of hydrogen-bond donors (Lipinski definition) is 0. The number of anilines is 1. The standard InChI is InChI=1S/C35H45N7O/c1-26-4-6-27(7-5-26)17-32-33(37-25-38-39-32)42-21-34(22-42)18-28(19-34)16-29-8-11-36-31-9-14-40(20-30(29)31)12-3-13-41-23-35(24-41)10-2-15-43-35/h4-8,11,25,28H,2-3,9-10,12-24H2,1H3. The first-order valence-corrected chi connectivity index (χ1v) is 16.6.